The molecule has 140 valence electrons. The molecule has 0 unspecified atom stereocenters. The molecule has 1 amide bonds. The van der Waals surface area contributed by atoms with Crippen LogP contribution in [0.25, 0.3) is 0 Å². The first-order valence-electron chi connectivity index (χ1n) is 7.61. The highest BCUT2D eigenvalue weighted by atomic mass is 35.5. The maximum absolute atomic E-state index is 12.2. The van der Waals surface area contributed by atoms with Crippen molar-refractivity contribution in [2.24, 2.45) is 0 Å². The summed E-state index contributed by atoms with van der Waals surface area (Å²) in [4.78, 5) is 14.0. The lowest BCUT2D eigenvalue weighted by atomic mass is 10.1. The Labute approximate surface area is 162 Å². The number of ether oxygens (including phenoxy) is 1. The van der Waals surface area contributed by atoms with Gasteiger partial charge in [-0.3, -0.25) is 10.2 Å². The third-order valence-corrected chi connectivity index (χ3v) is 5.72. The maximum Gasteiger partial charge on any atom is 0.275 e. The second-order valence-electron chi connectivity index (χ2n) is 5.63. The van der Waals surface area contributed by atoms with Crippen molar-refractivity contribution in [2.45, 2.75) is 31.8 Å². The highest BCUT2D eigenvalue weighted by molar-refractivity contribution is 7.89. The van der Waals surface area contributed by atoms with Crippen LogP contribution in [0.2, 0.25) is 10.0 Å². The summed E-state index contributed by atoms with van der Waals surface area (Å²) in [5, 5.41) is 0.317. The predicted octanol–water partition coefficient (Wildman–Crippen LogP) is 3.39. The number of amides is 1. The molecular formula is C17H18Cl2N2O4S. The van der Waals surface area contributed by atoms with Crippen LogP contribution in [-0.2, 0) is 14.8 Å². The molecule has 2 rings (SSSR count). The molecule has 0 bridgehead atoms. The molecule has 0 aliphatic carbocycles. The minimum atomic E-state index is -4.00. The number of carbonyl (C=O) groups is 1. The van der Waals surface area contributed by atoms with E-state index in [1.807, 2.05) is 30.8 Å². The van der Waals surface area contributed by atoms with E-state index in [0.29, 0.717) is 5.75 Å². The lowest BCUT2D eigenvalue weighted by Crippen LogP contribution is -2.47. The quantitative estimate of drug-likeness (QED) is 0.706. The van der Waals surface area contributed by atoms with Gasteiger partial charge in [0.2, 0.25) is 0 Å². The van der Waals surface area contributed by atoms with Gasteiger partial charge < -0.3 is 4.74 Å². The van der Waals surface area contributed by atoms with Crippen molar-refractivity contribution in [1.82, 2.24) is 10.3 Å². The van der Waals surface area contributed by atoms with Crippen LogP contribution in [0, 0.1) is 13.8 Å². The number of hydrogen-bond acceptors (Lipinski definition) is 4. The second-order valence-corrected chi connectivity index (χ2v) is 8.13. The van der Waals surface area contributed by atoms with E-state index in [9.17, 15) is 13.2 Å². The van der Waals surface area contributed by atoms with Crippen LogP contribution < -0.4 is 15.0 Å². The van der Waals surface area contributed by atoms with Crippen molar-refractivity contribution in [3.63, 3.8) is 0 Å². The zero-order valence-electron chi connectivity index (χ0n) is 14.3. The number of rotatable bonds is 6. The van der Waals surface area contributed by atoms with Gasteiger partial charge in [-0.05, 0) is 56.2 Å². The Hall–Kier alpha value is -1.80. The predicted molar refractivity (Wildman–Crippen MR) is 101 cm³/mol. The molecule has 0 radical (unpaired) electrons. The number of benzene rings is 2. The summed E-state index contributed by atoms with van der Waals surface area (Å²) >= 11 is 11.6. The molecule has 1 atom stereocenters. The van der Waals surface area contributed by atoms with Crippen LogP contribution >= 0.6 is 23.2 Å². The largest absolute Gasteiger partial charge is 0.481 e. The van der Waals surface area contributed by atoms with Crippen molar-refractivity contribution >= 4 is 39.1 Å². The second kappa shape index (κ2) is 8.26. The summed E-state index contributed by atoms with van der Waals surface area (Å²) in [6.45, 7) is 5.32. The number of carbonyl (C=O) groups excluding carboxylic acids is 1. The van der Waals surface area contributed by atoms with Crippen molar-refractivity contribution in [3.8, 4) is 5.75 Å². The Kier molecular flexibility index (Phi) is 6.52. The van der Waals surface area contributed by atoms with Gasteiger partial charge in [-0.2, -0.15) is 0 Å². The molecule has 0 aliphatic heterocycles. The summed E-state index contributed by atoms with van der Waals surface area (Å²) in [6.07, 6.45) is -0.910. The fourth-order valence-corrected chi connectivity index (χ4v) is 3.25. The van der Waals surface area contributed by atoms with Crippen LogP contribution in [0.4, 0.5) is 0 Å². The zero-order valence-corrected chi connectivity index (χ0v) is 16.7. The van der Waals surface area contributed by atoms with Crippen molar-refractivity contribution in [3.05, 3.63) is 57.6 Å². The first-order valence-corrected chi connectivity index (χ1v) is 9.85. The van der Waals surface area contributed by atoms with Gasteiger partial charge in [0.25, 0.3) is 15.9 Å². The van der Waals surface area contributed by atoms with E-state index in [1.54, 1.807) is 6.07 Å². The van der Waals surface area contributed by atoms with E-state index in [1.165, 1.54) is 25.1 Å². The lowest BCUT2D eigenvalue weighted by Gasteiger charge is -2.17. The van der Waals surface area contributed by atoms with Gasteiger partial charge in [0, 0.05) is 0 Å². The average Bonchev–Trinajstić information content (AvgIpc) is 2.59. The first-order chi connectivity index (χ1) is 12.1. The summed E-state index contributed by atoms with van der Waals surface area (Å²) in [5.41, 5.74) is 4.06. The SMILES string of the molecule is Cc1cccc(O[C@@H](C)C(=O)NNS(=O)(=O)c2ccc(Cl)c(Cl)c2)c1C. The third-order valence-electron chi connectivity index (χ3n) is 3.74. The Bertz CT molecular complexity index is 932. The van der Waals surface area contributed by atoms with E-state index in [2.05, 4.69) is 5.43 Å². The van der Waals surface area contributed by atoms with Gasteiger partial charge in [-0.15, -0.1) is 4.83 Å². The van der Waals surface area contributed by atoms with Gasteiger partial charge in [-0.25, -0.2) is 8.42 Å². The number of hydrogen-bond donors (Lipinski definition) is 2. The standard InChI is InChI=1S/C17H18Cl2N2O4S/c1-10-5-4-6-16(11(10)2)25-12(3)17(22)20-21-26(23,24)13-7-8-14(18)15(19)9-13/h4-9,12,21H,1-3H3,(H,20,22)/t12-/m0/s1. The van der Waals surface area contributed by atoms with Gasteiger partial charge in [-0.1, -0.05) is 35.3 Å². The molecule has 9 heteroatoms. The highest BCUT2D eigenvalue weighted by Crippen LogP contribution is 2.24. The molecule has 2 aromatic carbocycles. The summed E-state index contributed by atoms with van der Waals surface area (Å²) < 4.78 is 30.0. The first kappa shape index (κ1) is 20.5. The minimum absolute atomic E-state index is 0.0903. The molecule has 0 fully saturated rings. The molecular weight excluding hydrogens is 399 g/mol. The third kappa shape index (κ3) is 4.88. The molecule has 0 spiro atoms. The summed E-state index contributed by atoms with van der Waals surface area (Å²) in [7, 11) is -4.00. The molecule has 2 aromatic rings. The normalized spacial score (nSPS) is 12.5. The Balaban J connectivity index is 2.02. The van der Waals surface area contributed by atoms with Crippen molar-refractivity contribution in [1.29, 1.82) is 0 Å². The van der Waals surface area contributed by atoms with Crippen LogP contribution in [0.3, 0.4) is 0 Å². The van der Waals surface area contributed by atoms with E-state index < -0.39 is 22.0 Å². The smallest absolute Gasteiger partial charge is 0.275 e. The maximum atomic E-state index is 12.2. The number of nitrogens with one attached hydrogen (secondary N) is 2. The fourth-order valence-electron chi connectivity index (χ4n) is 2.02. The number of hydrazine groups is 1. The number of halogens is 2. The van der Waals surface area contributed by atoms with Crippen molar-refractivity contribution in [2.75, 3.05) is 0 Å². The lowest BCUT2D eigenvalue weighted by molar-refractivity contribution is -0.127. The molecule has 0 aliphatic rings. The minimum Gasteiger partial charge on any atom is -0.481 e. The molecule has 0 saturated heterocycles. The molecule has 26 heavy (non-hydrogen) atoms. The highest BCUT2D eigenvalue weighted by Gasteiger charge is 2.20. The molecule has 0 aromatic heterocycles. The molecule has 0 saturated carbocycles. The van der Waals surface area contributed by atoms with Gasteiger partial charge >= 0.3 is 0 Å². The van der Waals surface area contributed by atoms with Gasteiger partial charge in [0.1, 0.15) is 5.75 Å². The van der Waals surface area contributed by atoms with Crippen LogP contribution in [-0.4, -0.2) is 20.4 Å². The zero-order chi connectivity index (χ0) is 19.5. The number of sulfonamides is 1. The van der Waals surface area contributed by atoms with E-state index in [0.717, 1.165) is 11.1 Å². The average molecular weight is 417 g/mol. The monoisotopic (exact) mass is 416 g/mol. The fraction of sp³-hybridized carbons (Fsp3) is 0.235. The number of aryl methyl sites for hydroxylation is 1. The molecule has 2 N–H and O–H groups in total. The van der Waals surface area contributed by atoms with Crippen LogP contribution in [0.5, 0.6) is 5.75 Å². The van der Waals surface area contributed by atoms with E-state index >= 15 is 0 Å². The molecule has 6 nitrogen and oxygen atoms in total. The van der Waals surface area contributed by atoms with E-state index in [4.69, 9.17) is 27.9 Å². The van der Waals surface area contributed by atoms with Gasteiger partial charge in [0.15, 0.2) is 6.10 Å². The summed E-state index contributed by atoms with van der Waals surface area (Å²) in [6, 6.07) is 9.30. The topological polar surface area (TPSA) is 84.5 Å². The van der Waals surface area contributed by atoms with Crippen LogP contribution in [0.1, 0.15) is 18.1 Å². The Morgan fingerprint density at radius 3 is 2.46 bits per heavy atom. The van der Waals surface area contributed by atoms with Crippen molar-refractivity contribution < 1.29 is 17.9 Å². The Morgan fingerprint density at radius 2 is 1.81 bits per heavy atom. The van der Waals surface area contributed by atoms with Crippen LogP contribution in [0.15, 0.2) is 41.3 Å². The van der Waals surface area contributed by atoms with Gasteiger partial charge in [0.05, 0.1) is 14.9 Å². The summed E-state index contributed by atoms with van der Waals surface area (Å²) in [5.74, 6) is -0.0884. The molecule has 0 heterocycles. The van der Waals surface area contributed by atoms with E-state index in [-0.39, 0.29) is 14.9 Å². The Morgan fingerprint density at radius 1 is 1.12 bits per heavy atom.